The van der Waals surface area contributed by atoms with Crippen molar-refractivity contribution in [1.82, 2.24) is 24.1 Å². The SMILES string of the molecule is CC1=CCC([C@@H]2CCC[C@H](CNc3ncnc(C(=O)N4CCC(N5CCC(N(C)S(C)(=O)=O)CC5)CC4)c3C)O2)C=C1. The van der Waals surface area contributed by atoms with Crippen molar-refractivity contribution in [3.05, 3.63) is 41.4 Å². The van der Waals surface area contributed by atoms with Gasteiger partial charge < -0.3 is 19.9 Å². The summed E-state index contributed by atoms with van der Waals surface area (Å²) in [6.07, 6.45) is 17.8. The lowest BCUT2D eigenvalue weighted by molar-refractivity contribution is -0.0615. The van der Waals surface area contributed by atoms with Gasteiger partial charge in [0.05, 0.1) is 18.5 Å². The third kappa shape index (κ3) is 7.41. The lowest BCUT2D eigenvalue weighted by Crippen LogP contribution is -2.52. The number of sulfonamides is 1. The molecule has 5 rings (SSSR count). The molecular weight excluding hydrogens is 552 g/mol. The zero-order chi connectivity index (χ0) is 29.9. The van der Waals surface area contributed by atoms with Crippen molar-refractivity contribution in [2.24, 2.45) is 5.92 Å². The number of carbonyl (C=O) groups excluding carboxylic acids is 1. The third-order valence-corrected chi connectivity index (χ3v) is 11.1. The highest BCUT2D eigenvalue weighted by Crippen LogP contribution is 2.30. The van der Waals surface area contributed by atoms with Gasteiger partial charge in [0.2, 0.25) is 10.0 Å². The zero-order valence-electron chi connectivity index (χ0n) is 25.7. The quantitative estimate of drug-likeness (QED) is 0.482. The molecule has 1 amide bonds. The summed E-state index contributed by atoms with van der Waals surface area (Å²) < 4.78 is 31.8. The van der Waals surface area contributed by atoms with Crippen LogP contribution < -0.4 is 5.32 Å². The van der Waals surface area contributed by atoms with Gasteiger partial charge in [-0.15, -0.1) is 0 Å². The lowest BCUT2D eigenvalue weighted by atomic mass is 9.87. The van der Waals surface area contributed by atoms with Gasteiger partial charge in [-0.1, -0.05) is 23.8 Å². The van der Waals surface area contributed by atoms with Crippen LogP contribution in [-0.2, 0) is 14.8 Å². The predicted molar refractivity (Wildman–Crippen MR) is 165 cm³/mol. The summed E-state index contributed by atoms with van der Waals surface area (Å²) in [5, 5.41) is 3.46. The zero-order valence-corrected chi connectivity index (χ0v) is 26.5. The summed E-state index contributed by atoms with van der Waals surface area (Å²) in [4.78, 5) is 26.8. The van der Waals surface area contributed by atoms with E-state index in [1.807, 2.05) is 11.8 Å². The van der Waals surface area contributed by atoms with Crippen molar-refractivity contribution in [2.45, 2.75) is 89.5 Å². The van der Waals surface area contributed by atoms with E-state index >= 15 is 0 Å². The Hall–Kier alpha value is -2.34. The monoisotopic (exact) mass is 600 g/mol. The maximum absolute atomic E-state index is 13.5. The molecule has 3 saturated heterocycles. The predicted octanol–water partition coefficient (Wildman–Crippen LogP) is 3.62. The van der Waals surface area contributed by atoms with Crippen molar-refractivity contribution < 1.29 is 17.9 Å². The number of hydrogen-bond donors (Lipinski definition) is 1. The molecule has 10 nitrogen and oxygen atoms in total. The van der Waals surface area contributed by atoms with E-state index in [9.17, 15) is 13.2 Å². The van der Waals surface area contributed by atoms with E-state index in [1.54, 1.807) is 7.05 Å². The molecule has 0 radical (unpaired) electrons. The number of ether oxygens (including phenoxy) is 1. The van der Waals surface area contributed by atoms with Crippen molar-refractivity contribution in [2.75, 3.05) is 51.3 Å². The van der Waals surface area contributed by atoms with Gasteiger partial charge in [0.25, 0.3) is 5.91 Å². The second kappa shape index (κ2) is 13.5. The highest BCUT2D eigenvalue weighted by atomic mass is 32.2. The van der Waals surface area contributed by atoms with Crippen molar-refractivity contribution in [1.29, 1.82) is 0 Å². The molecular formula is C31H48N6O4S. The molecule has 0 bridgehead atoms. The summed E-state index contributed by atoms with van der Waals surface area (Å²) >= 11 is 0. The first-order valence-electron chi connectivity index (χ1n) is 15.6. The Kier molecular flexibility index (Phi) is 10.0. The maximum atomic E-state index is 13.5. The Bertz CT molecular complexity index is 1270. The minimum absolute atomic E-state index is 0.0358. The number of nitrogens with zero attached hydrogens (tertiary/aromatic N) is 5. The molecule has 0 saturated carbocycles. The molecule has 0 aromatic carbocycles. The van der Waals surface area contributed by atoms with Gasteiger partial charge in [-0.05, 0) is 78.3 Å². The molecule has 1 aromatic heterocycles. The first-order chi connectivity index (χ1) is 20.1. The van der Waals surface area contributed by atoms with E-state index < -0.39 is 10.0 Å². The van der Waals surface area contributed by atoms with Crippen LogP contribution in [0.1, 0.15) is 74.3 Å². The van der Waals surface area contributed by atoms with Gasteiger partial charge in [-0.25, -0.2) is 22.7 Å². The fourth-order valence-electron chi connectivity index (χ4n) is 6.94. The number of hydrogen-bond acceptors (Lipinski definition) is 8. The van der Waals surface area contributed by atoms with Crippen LogP contribution in [0.2, 0.25) is 0 Å². The summed E-state index contributed by atoms with van der Waals surface area (Å²) in [6.45, 7) is 7.90. The van der Waals surface area contributed by atoms with Crippen LogP contribution in [-0.4, -0.2) is 109 Å². The number of rotatable bonds is 8. The molecule has 3 atom stereocenters. The second-order valence-electron chi connectivity index (χ2n) is 12.6. The summed E-state index contributed by atoms with van der Waals surface area (Å²) in [5.74, 6) is 1.11. The van der Waals surface area contributed by atoms with E-state index in [0.29, 0.717) is 43.1 Å². The topological polar surface area (TPSA) is 108 Å². The van der Waals surface area contributed by atoms with E-state index in [-0.39, 0.29) is 24.2 Å². The Morgan fingerprint density at radius 1 is 1.07 bits per heavy atom. The van der Waals surface area contributed by atoms with E-state index in [0.717, 1.165) is 70.0 Å². The molecule has 1 aromatic rings. The Morgan fingerprint density at radius 3 is 2.48 bits per heavy atom. The average molecular weight is 601 g/mol. The molecule has 42 heavy (non-hydrogen) atoms. The Labute approximate surface area is 251 Å². The van der Waals surface area contributed by atoms with E-state index in [2.05, 4.69) is 45.3 Å². The van der Waals surface area contributed by atoms with E-state index in [1.165, 1.54) is 22.5 Å². The van der Waals surface area contributed by atoms with Crippen LogP contribution in [0.4, 0.5) is 5.82 Å². The number of anilines is 1. The summed E-state index contributed by atoms with van der Waals surface area (Å²) in [6, 6.07) is 0.495. The molecule has 3 fully saturated rings. The minimum Gasteiger partial charge on any atom is -0.373 e. The molecule has 1 unspecified atom stereocenters. The first-order valence-corrected chi connectivity index (χ1v) is 17.5. The highest BCUT2D eigenvalue weighted by Gasteiger charge is 2.33. The number of nitrogens with one attached hydrogen (secondary N) is 1. The molecule has 0 spiro atoms. The number of carbonyl (C=O) groups is 1. The Balaban J connectivity index is 1.10. The highest BCUT2D eigenvalue weighted by molar-refractivity contribution is 7.88. The van der Waals surface area contributed by atoms with Gasteiger partial charge in [0, 0.05) is 50.2 Å². The van der Waals surface area contributed by atoms with Gasteiger partial charge >= 0.3 is 0 Å². The second-order valence-corrected chi connectivity index (χ2v) is 14.6. The maximum Gasteiger partial charge on any atom is 0.272 e. The largest absolute Gasteiger partial charge is 0.373 e. The lowest BCUT2D eigenvalue weighted by Gasteiger charge is -2.43. The molecule has 4 aliphatic rings. The molecule has 11 heteroatoms. The van der Waals surface area contributed by atoms with Crippen molar-refractivity contribution in [3.8, 4) is 0 Å². The number of likely N-dealkylation sites (tertiary alicyclic amines) is 2. The van der Waals surface area contributed by atoms with Crippen molar-refractivity contribution in [3.63, 3.8) is 0 Å². The average Bonchev–Trinajstić information content (AvgIpc) is 3.00. The van der Waals surface area contributed by atoms with Gasteiger partial charge in [-0.2, -0.15) is 0 Å². The van der Waals surface area contributed by atoms with Crippen LogP contribution >= 0.6 is 0 Å². The third-order valence-electron chi connectivity index (χ3n) is 9.77. The fraction of sp³-hybridized carbons (Fsp3) is 0.710. The van der Waals surface area contributed by atoms with Gasteiger partial charge in [0.15, 0.2) is 0 Å². The smallest absolute Gasteiger partial charge is 0.272 e. The number of piperidine rings is 2. The fourth-order valence-corrected chi connectivity index (χ4v) is 7.69. The van der Waals surface area contributed by atoms with Crippen LogP contribution in [0.5, 0.6) is 0 Å². The van der Waals surface area contributed by atoms with Crippen molar-refractivity contribution >= 4 is 21.7 Å². The summed E-state index contributed by atoms with van der Waals surface area (Å²) in [7, 11) is -1.48. The Morgan fingerprint density at radius 2 is 1.81 bits per heavy atom. The van der Waals surface area contributed by atoms with Crippen LogP contribution in [0.15, 0.2) is 30.1 Å². The van der Waals surface area contributed by atoms with Crippen LogP contribution in [0.25, 0.3) is 0 Å². The van der Waals surface area contributed by atoms with Gasteiger partial charge in [-0.3, -0.25) is 4.79 Å². The first kappa shape index (κ1) is 31.1. The minimum atomic E-state index is -3.17. The molecule has 4 heterocycles. The van der Waals surface area contributed by atoms with Crippen LogP contribution in [0.3, 0.4) is 0 Å². The molecule has 232 valence electrons. The number of aromatic nitrogens is 2. The number of amides is 1. The van der Waals surface area contributed by atoms with Crippen LogP contribution in [0, 0.1) is 12.8 Å². The normalized spacial score (nSPS) is 26.8. The molecule has 1 aliphatic carbocycles. The standard InChI is InChI=1S/C31H48N6O4S/c1-22-8-10-24(11-9-22)28-7-5-6-27(41-28)20-32-30-23(2)29(33-21-34-30)31(38)37-18-14-26(15-19-37)36-16-12-25(13-17-36)35(3)42(4,39)40/h8-10,21,24-28H,5-7,11-20H2,1-4H3,(H,32,33,34)/t24?,27-,28+/m1/s1. The number of allylic oxidation sites excluding steroid dienone is 3. The van der Waals surface area contributed by atoms with E-state index in [4.69, 9.17) is 4.74 Å². The summed E-state index contributed by atoms with van der Waals surface area (Å²) in [5.41, 5.74) is 2.57. The molecule has 3 aliphatic heterocycles. The van der Waals surface area contributed by atoms with Gasteiger partial charge in [0.1, 0.15) is 17.8 Å². The molecule has 1 N–H and O–H groups in total.